The van der Waals surface area contributed by atoms with E-state index in [4.69, 9.17) is 23.2 Å². The molecule has 0 bridgehead atoms. The number of amides is 1. The van der Waals surface area contributed by atoms with Crippen LogP contribution in [0.25, 0.3) is 0 Å². The van der Waals surface area contributed by atoms with Gasteiger partial charge in [-0.25, -0.2) is 0 Å². The number of aromatic nitrogens is 2. The summed E-state index contributed by atoms with van der Waals surface area (Å²) in [5, 5.41) is 7.96. The predicted molar refractivity (Wildman–Crippen MR) is 89.4 cm³/mol. The Morgan fingerprint density at radius 1 is 1.32 bits per heavy atom. The maximum absolute atomic E-state index is 12.1. The third kappa shape index (κ3) is 4.47. The fourth-order valence-corrected chi connectivity index (χ4v) is 2.64. The summed E-state index contributed by atoms with van der Waals surface area (Å²) >= 11 is 11.8. The lowest BCUT2D eigenvalue weighted by Crippen LogP contribution is -2.30. The summed E-state index contributed by atoms with van der Waals surface area (Å²) in [4.78, 5) is 14.0. The number of nitrogens with one attached hydrogen (secondary N) is 1. The molecule has 0 saturated heterocycles. The van der Waals surface area contributed by atoms with Gasteiger partial charge in [0.1, 0.15) is 0 Å². The van der Waals surface area contributed by atoms with Crippen molar-refractivity contribution < 1.29 is 4.79 Å². The largest absolute Gasteiger partial charge is 0.325 e. The topological polar surface area (TPSA) is 50.2 Å². The molecule has 2 aromatic rings. The number of carbonyl (C=O) groups excluding carboxylic acids is 1. The van der Waals surface area contributed by atoms with Crippen LogP contribution in [0.1, 0.15) is 11.3 Å². The Bertz CT molecular complexity index is 664. The van der Waals surface area contributed by atoms with Crippen molar-refractivity contribution in [3.63, 3.8) is 0 Å². The van der Waals surface area contributed by atoms with E-state index in [9.17, 15) is 4.79 Å². The van der Waals surface area contributed by atoms with Crippen LogP contribution in [0.5, 0.6) is 0 Å². The Morgan fingerprint density at radius 2 is 1.95 bits per heavy atom. The zero-order chi connectivity index (χ0) is 16.3. The van der Waals surface area contributed by atoms with Crippen molar-refractivity contribution in [1.82, 2.24) is 14.7 Å². The first-order valence-electron chi connectivity index (χ1n) is 6.77. The predicted octanol–water partition coefficient (Wildman–Crippen LogP) is 3.11. The van der Waals surface area contributed by atoms with Crippen LogP contribution in [0, 0.1) is 6.92 Å². The maximum atomic E-state index is 12.1. The van der Waals surface area contributed by atoms with Crippen molar-refractivity contribution in [3.8, 4) is 0 Å². The van der Waals surface area contributed by atoms with Gasteiger partial charge in [-0.3, -0.25) is 14.4 Å². The van der Waals surface area contributed by atoms with Crippen LogP contribution in [0.4, 0.5) is 5.69 Å². The molecule has 0 unspecified atom stereocenters. The molecule has 0 atom stereocenters. The molecule has 0 aliphatic heterocycles. The summed E-state index contributed by atoms with van der Waals surface area (Å²) in [7, 11) is 3.78. The standard InChI is InChI=1S/C15H18Cl2N4O/c1-10-11(7-18-21(10)3)8-20(2)9-15(22)19-14-5-12(16)4-13(17)6-14/h4-7H,8-9H2,1-3H3,(H,19,22). The normalized spacial score (nSPS) is 11.0. The Kier molecular flexibility index (Phi) is 5.45. The Morgan fingerprint density at radius 3 is 2.50 bits per heavy atom. The van der Waals surface area contributed by atoms with Crippen molar-refractivity contribution in [1.29, 1.82) is 0 Å². The van der Waals surface area contributed by atoms with Crippen LogP contribution in [-0.2, 0) is 18.4 Å². The average Bonchev–Trinajstić information content (AvgIpc) is 2.69. The van der Waals surface area contributed by atoms with E-state index in [1.807, 2.05) is 36.8 Å². The number of likely N-dealkylation sites (N-methyl/N-ethyl adjacent to an activating group) is 1. The first kappa shape index (κ1) is 16.8. The second-order valence-corrected chi connectivity index (χ2v) is 6.13. The van der Waals surface area contributed by atoms with E-state index in [2.05, 4.69) is 10.4 Å². The highest BCUT2D eigenvalue weighted by Gasteiger charge is 2.11. The van der Waals surface area contributed by atoms with Crippen molar-refractivity contribution in [2.75, 3.05) is 18.9 Å². The van der Waals surface area contributed by atoms with Crippen molar-refractivity contribution in [2.45, 2.75) is 13.5 Å². The number of hydrogen-bond acceptors (Lipinski definition) is 3. The van der Waals surface area contributed by atoms with Crippen molar-refractivity contribution >= 4 is 34.8 Å². The molecule has 0 radical (unpaired) electrons. The van der Waals surface area contributed by atoms with Crippen LogP contribution in [0.2, 0.25) is 10.0 Å². The van der Waals surface area contributed by atoms with Gasteiger partial charge in [0.25, 0.3) is 0 Å². The summed E-state index contributed by atoms with van der Waals surface area (Å²) in [6.45, 7) is 2.92. The number of hydrogen-bond donors (Lipinski definition) is 1. The molecule has 1 heterocycles. The first-order valence-corrected chi connectivity index (χ1v) is 7.52. The summed E-state index contributed by atoms with van der Waals surface area (Å²) in [6.07, 6.45) is 1.82. The second-order valence-electron chi connectivity index (χ2n) is 5.26. The summed E-state index contributed by atoms with van der Waals surface area (Å²) in [5.74, 6) is -0.123. The van der Waals surface area contributed by atoms with Gasteiger partial charge in [0.15, 0.2) is 0 Å². The van der Waals surface area contributed by atoms with Crippen LogP contribution >= 0.6 is 23.2 Å². The molecule has 1 N–H and O–H groups in total. The highest BCUT2D eigenvalue weighted by atomic mass is 35.5. The van der Waals surface area contributed by atoms with Gasteiger partial charge in [0, 0.05) is 40.6 Å². The zero-order valence-corrected chi connectivity index (χ0v) is 14.2. The monoisotopic (exact) mass is 340 g/mol. The minimum Gasteiger partial charge on any atom is -0.325 e. The van der Waals surface area contributed by atoms with E-state index >= 15 is 0 Å². The number of benzene rings is 1. The van der Waals surface area contributed by atoms with Gasteiger partial charge in [-0.2, -0.15) is 5.10 Å². The maximum Gasteiger partial charge on any atom is 0.238 e. The zero-order valence-electron chi connectivity index (χ0n) is 12.7. The minimum atomic E-state index is -0.123. The highest BCUT2D eigenvalue weighted by Crippen LogP contribution is 2.22. The van der Waals surface area contributed by atoms with Gasteiger partial charge in [-0.1, -0.05) is 23.2 Å². The molecule has 2 rings (SSSR count). The molecule has 5 nitrogen and oxygen atoms in total. The lowest BCUT2D eigenvalue weighted by Gasteiger charge is -2.16. The molecule has 7 heteroatoms. The molecule has 1 aromatic heterocycles. The molecule has 1 amide bonds. The smallest absolute Gasteiger partial charge is 0.238 e. The van der Waals surface area contributed by atoms with Crippen LogP contribution in [0.15, 0.2) is 24.4 Å². The van der Waals surface area contributed by atoms with E-state index in [-0.39, 0.29) is 12.5 Å². The van der Waals surface area contributed by atoms with Crippen LogP contribution in [0.3, 0.4) is 0 Å². The van der Waals surface area contributed by atoms with Crippen LogP contribution in [-0.4, -0.2) is 34.2 Å². The van der Waals surface area contributed by atoms with Gasteiger partial charge in [-0.15, -0.1) is 0 Å². The molecular formula is C15H18Cl2N4O. The summed E-state index contributed by atoms with van der Waals surface area (Å²) in [5.41, 5.74) is 2.78. The Hall–Kier alpha value is -1.56. The molecule has 0 spiro atoms. The van der Waals surface area contributed by atoms with Gasteiger partial charge >= 0.3 is 0 Å². The number of aryl methyl sites for hydroxylation is 1. The van der Waals surface area contributed by atoms with Gasteiger partial charge in [-0.05, 0) is 32.2 Å². The van der Waals surface area contributed by atoms with Gasteiger partial charge in [0.2, 0.25) is 5.91 Å². The number of anilines is 1. The Labute approximate surface area is 139 Å². The third-order valence-electron chi connectivity index (χ3n) is 3.34. The van der Waals surface area contributed by atoms with E-state index in [1.165, 1.54) is 0 Å². The van der Waals surface area contributed by atoms with E-state index in [0.717, 1.165) is 11.3 Å². The number of rotatable bonds is 5. The van der Waals surface area contributed by atoms with E-state index < -0.39 is 0 Å². The van der Waals surface area contributed by atoms with Gasteiger partial charge < -0.3 is 5.32 Å². The molecule has 0 aliphatic rings. The molecule has 0 aliphatic carbocycles. The fraction of sp³-hybridized carbons (Fsp3) is 0.333. The molecule has 118 valence electrons. The number of carbonyl (C=O) groups is 1. The fourth-order valence-electron chi connectivity index (χ4n) is 2.12. The quantitative estimate of drug-likeness (QED) is 0.909. The van der Waals surface area contributed by atoms with E-state index in [0.29, 0.717) is 22.3 Å². The Balaban J connectivity index is 1.92. The summed E-state index contributed by atoms with van der Waals surface area (Å²) in [6, 6.07) is 4.95. The van der Waals surface area contributed by atoms with Gasteiger partial charge in [0.05, 0.1) is 12.7 Å². The highest BCUT2D eigenvalue weighted by molar-refractivity contribution is 6.35. The second kappa shape index (κ2) is 7.13. The van der Waals surface area contributed by atoms with E-state index in [1.54, 1.807) is 18.2 Å². The lowest BCUT2D eigenvalue weighted by atomic mass is 10.2. The minimum absolute atomic E-state index is 0.123. The number of nitrogens with zero attached hydrogens (tertiary/aromatic N) is 3. The molecule has 0 saturated carbocycles. The molecule has 1 aromatic carbocycles. The molecule has 22 heavy (non-hydrogen) atoms. The average molecular weight is 341 g/mol. The van der Waals surface area contributed by atoms with Crippen molar-refractivity contribution in [3.05, 3.63) is 45.7 Å². The number of halogens is 2. The summed E-state index contributed by atoms with van der Waals surface area (Å²) < 4.78 is 1.82. The third-order valence-corrected chi connectivity index (χ3v) is 3.77. The van der Waals surface area contributed by atoms with Crippen LogP contribution < -0.4 is 5.32 Å². The SMILES string of the molecule is Cc1c(CN(C)CC(=O)Nc2cc(Cl)cc(Cl)c2)cnn1C. The lowest BCUT2D eigenvalue weighted by molar-refractivity contribution is -0.117. The van der Waals surface area contributed by atoms with Crippen molar-refractivity contribution in [2.24, 2.45) is 7.05 Å². The first-order chi connectivity index (χ1) is 10.3. The molecular weight excluding hydrogens is 323 g/mol. The molecule has 0 fully saturated rings.